The van der Waals surface area contributed by atoms with Crippen LogP contribution in [0, 0.1) is 0 Å². The molecule has 50 heavy (non-hydrogen) atoms. The van der Waals surface area contributed by atoms with E-state index < -0.39 is 5.97 Å². The topological polar surface area (TPSA) is 102 Å². The lowest BCUT2D eigenvalue weighted by Crippen LogP contribution is -2.36. The summed E-state index contributed by atoms with van der Waals surface area (Å²) >= 11 is 0. The summed E-state index contributed by atoms with van der Waals surface area (Å²) in [5, 5.41) is 12.4. The highest BCUT2D eigenvalue weighted by atomic mass is 16.5. The van der Waals surface area contributed by atoms with Gasteiger partial charge in [-0.05, 0) is 38.6 Å². The van der Waals surface area contributed by atoms with Crippen LogP contribution in [-0.2, 0) is 14.3 Å². The highest BCUT2D eigenvalue weighted by Gasteiger charge is 2.06. The Morgan fingerprint density at radius 1 is 0.500 bits per heavy atom. The SMILES string of the molecule is CCCCCCCCCCCCCCCCCCOC(=O)CCCCCCCCCCCNC(CN)CCCCCCCCCCCC(=O)O. The molecule has 0 rings (SSSR count). The predicted octanol–water partition coefficient (Wildman–Crippen LogP) is 13.0. The van der Waals surface area contributed by atoms with E-state index in [1.807, 2.05) is 0 Å². The Kier molecular flexibility index (Phi) is 41.3. The summed E-state index contributed by atoms with van der Waals surface area (Å²) in [6.45, 7) is 4.71. The molecule has 0 saturated heterocycles. The Morgan fingerprint density at radius 3 is 1.28 bits per heavy atom. The third kappa shape index (κ3) is 41.3. The second-order valence-electron chi connectivity index (χ2n) is 15.5. The number of hydrogen-bond acceptors (Lipinski definition) is 5. The van der Waals surface area contributed by atoms with Crippen molar-refractivity contribution >= 4 is 11.9 Å². The van der Waals surface area contributed by atoms with Crippen LogP contribution in [0.25, 0.3) is 0 Å². The van der Waals surface area contributed by atoms with E-state index in [1.165, 1.54) is 193 Å². The quantitative estimate of drug-likeness (QED) is 0.0430. The minimum atomic E-state index is -0.670. The molecular formula is C44H88N2O4. The van der Waals surface area contributed by atoms with Crippen LogP contribution in [0.3, 0.4) is 0 Å². The first-order chi connectivity index (χ1) is 24.6. The smallest absolute Gasteiger partial charge is 0.305 e. The molecule has 0 saturated carbocycles. The number of nitrogens with one attached hydrogen (secondary N) is 1. The van der Waals surface area contributed by atoms with E-state index in [0.29, 0.717) is 25.5 Å². The van der Waals surface area contributed by atoms with Crippen molar-refractivity contribution in [1.29, 1.82) is 0 Å². The lowest BCUT2D eigenvalue weighted by Gasteiger charge is -2.16. The van der Waals surface area contributed by atoms with Gasteiger partial charge in [0.05, 0.1) is 6.61 Å². The number of nitrogens with two attached hydrogens (primary N) is 1. The predicted molar refractivity (Wildman–Crippen MR) is 216 cm³/mol. The summed E-state index contributed by atoms with van der Waals surface area (Å²) in [7, 11) is 0. The van der Waals surface area contributed by atoms with Crippen LogP contribution < -0.4 is 11.1 Å². The molecule has 1 atom stereocenters. The number of carboxylic acid groups (broad SMARTS) is 1. The number of ether oxygens (including phenoxy) is 1. The summed E-state index contributed by atoms with van der Waals surface area (Å²) in [5.41, 5.74) is 6.01. The summed E-state index contributed by atoms with van der Waals surface area (Å²) in [6, 6.07) is 0.459. The van der Waals surface area contributed by atoms with Crippen molar-refractivity contribution in [1.82, 2.24) is 5.32 Å². The molecule has 0 amide bonds. The van der Waals surface area contributed by atoms with Crippen molar-refractivity contribution in [2.75, 3.05) is 19.7 Å². The van der Waals surface area contributed by atoms with Crippen LogP contribution in [0.1, 0.15) is 244 Å². The monoisotopic (exact) mass is 709 g/mol. The number of carbonyl (C=O) groups is 2. The van der Waals surface area contributed by atoms with Gasteiger partial charge in [-0.25, -0.2) is 0 Å². The van der Waals surface area contributed by atoms with Crippen molar-refractivity contribution < 1.29 is 19.4 Å². The molecule has 6 nitrogen and oxygen atoms in total. The van der Waals surface area contributed by atoms with E-state index in [-0.39, 0.29) is 5.97 Å². The average Bonchev–Trinajstić information content (AvgIpc) is 3.11. The van der Waals surface area contributed by atoms with Gasteiger partial charge in [0, 0.05) is 25.4 Å². The van der Waals surface area contributed by atoms with Crippen molar-refractivity contribution in [3.05, 3.63) is 0 Å². The Balaban J connectivity index is 3.30. The van der Waals surface area contributed by atoms with E-state index in [2.05, 4.69) is 12.2 Å². The molecule has 4 N–H and O–H groups in total. The van der Waals surface area contributed by atoms with Crippen LogP contribution in [-0.4, -0.2) is 42.8 Å². The van der Waals surface area contributed by atoms with Gasteiger partial charge in [-0.3, -0.25) is 9.59 Å². The van der Waals surface area contributed by atoms with E-state index in [0.717, 1.165) is 45.2 Å². The molecule has 298 valence electrons. The molecule has 0 aliphatic rings. The van der Waals surface area contributed by atoms with Gasteiger partial charge in [-0.15, -0.1) is 0 Å². The molecule has 0 heterocycles. The number of esters is 1. The molecule has 0 aromatic heterocycles. The number of unbranched alkanes of at least 4 members (excludes halogenated alkanes) is 31. The van der Waals surface area contributed by atoms with Crippen molar-refractivity contribution in [3.63, 3.8) is 0 Å². The van der Waals surface area contributed by atoms with Crippen LogP contribution in [0.15, 0.2) is 0 Å². The first-order valence-electron chi connectivity index (χ1n) is 22.4. The van der Waals surface area contributed by atoms with Gasteiger partial charge in [0.1, 0.15) is 0 Å². The highest BCUT2D eigenvalue weighted by Crippen LogP contribution is 2.15. The zero-order chi connectivity index (χ0) is 36.4. The van der Waals surface area contributed by atoms with Crippen LogP contribution in [0.2, 0.25) is 0 Å². The fourth-order valence-electron chi connectivity index (χ4n) is 7.05. The van der Waals surface area contributed by atoms with E-state index in [1.54, 1.807) is 0 Å². The summed E-state index contributed by atoms with van der Waals surface area (Å²) < 4.78 is 5.47. The maximum atomic E-state index is 12.0. The maximum absolute atomic E-state index is 12.0. The second-order valence-corrected chi connectivity index (χ2v) is 15.5. The van der Waals surface area contributed by atoms with E-state index in [4.69, 9.17) is 15.6 Å². The molecule has 0 bridgehead atoms. The number of hydrogen-bond donors (Lipinski definition) is 3. The molecule has 0 aromatic carbocycles. The Hall–Kier alpha value is -1.14. The minimum Gasteiger partial charge on any atom is -0.481 e. The maximum Gasteiger partial charge on any atom is 0.305 e. The first kappa shape index (κ1) is 48.9. The minimum absolute atomic E-state index is 0.00570. The molecule has 0 aliphatic heterocycles. The zero-order valence-corrected chi connectivity index (χ0v) is 33.6. The largest absolute Gasteiger partial charge is 0.481 e. The van der Waals surface area contributed by atoms with Gasteiger partial charge in [-0.2, -0.15) is 0 Å². The normalized spacial score (nSPS) is 12.0. The van der Waals surface area contributed by atoms with Gasteiger partial charge in [0.25, 0.3) is 0 Å². The highest BCUT2D eigenvalue weighted by molar-refractivity contribution is 5.69. The third-order valence-corrected chi connectivity index (χ3v) is 10.5. The van der Waals surface area contributed by atoms with Crippen LogP contribution in [0.4, 0.5) is 0 Å². The first-order valence-corrected chi connectivity index (χ1v) is 22.4. The third-order valence-electron chi connectivity index (χ3n) is 10.5. The lowest BCUT2D eigenvalue weighted by atomic mass is 10.0. The fraction of sp³-hybridized carbons (Fsp3) is 0.955. The summed E-state index contributed by atoms with van der Waals surface area (Å²) in [5.74, 6) is -0.665. The number of rotatable bonds is 43. The zero-order valence-electron chi connectivity index (χ0n) is 33.6. The molecular weight excluding hydrogens is 620 g/mol. The summed E-state index contributed by atoms with van der Waals surface area (Å²) in [6.07, 6.45) is 45.8. The second kappa shape index (κ2) is 42.3. The number of carboxylic acids is 1. The Bertz CT molecular complexity index is 689. The van der Waals surface area contributed by atoms with Crippen molar-refractivity contribution in [3.8, 4) is 0 Å². The Morgan fingerprint density at radius 2 is 0.860 bits per heavy atom. The fourth-order valence-corrected chi connectivity index (χ4v) is 7.05. The van der Waals surface area contributed by atoms with Gasteiger partial charge >= 0.3 is 11.9 Å². The lowest BCUT2D eigenvalue weighted by molar-refractivity contribution is -0.144. The van der Waals surface area contributed by atoms with Crippen molar-refractivity contribution in [2.45, 2.75) is 251 Å². The van der Waals surface area contributed by atoms with Gasteiger partial charge in [0.15, 0.2) is 0 Å². The Labute approximate surface area is 312 Å². The molecule has 0 radical (unpaired) electrons. The van der Waals surface area contributed by atoms with Crippen LogP contribution in [0.5, 0.6) is 0 Å². The number of carbonyl (C=O) groups excluding carboxylic acids is 1. The van der Waals surface area contributed by atoms with Crippen LogP contribution >= 0.6 is 0 Å². The van der Waals surface area contributed by atoms with E-state index in [9.17, 15) is 9.59 Å². The number of aliphatic carboxylic acids is 1. The standard InChI is InChI=1S/C44H88N2O4/c1-2-3-4-5-6-7-8-9-10-11-12-13-20-25-30-35-40-50-44(49)38-33-28-23-18-15-19-24-29-34-39-46-42(41-45)36-31-26-21-16-14-17-22-27-32-37-43(47)48/h42,46H,2-41,45H2,1H3,(H,47,48). The van der Waals surface area contributed by atoms with E-state index >= 15 is 0 Å². The molecule has 1 unspecified atom stereocenters. The van der Waals surface area contributed by atoms with Gasteiger partial charge in [-0.1, -0.05) is 200 Å². The summed E-state index contributed by atoms with van der Waals surface area (Å²) in [4.78, 5) is 22.6. The van der Waals surface area contributed by atoms with Crippen molar-refractivity contribution in [2.24, 2.45) is 5.73 Å². The molecule has 0 aliphatic carbocycles. The van der Waals surface area contributed by atoms with Gasteiger partial charge in [0.2, 0.25) is 0 Å². The molecule has 6 heteroatoms. The molecule has 0 aromatic rings. The molecule has 0 spiro atoms. The average molecular weight is 709 g/mol. The molecule has 0 fully saturated rings. The van der Waals surface area contributed by atoms with Gasteiger partial charge < -0.3 is 20.9 Å².